The van der Waals surface area contributed by atoms with Gasteiger partial charge in [-0.1, -0.05) is 11.3 Å². The van der Waals surface area contributed by atoms with Crippen molar-refractivity contribution in [3.05, 3.63) is 12.1 Å². The monoisotopic (exact) mass is 346 g/mol. The van der Waals surface area contributed by atoms with E-state index in [2.05, 4.69) is 15.4 Å². The van der Waals surface area contributed by atoms with Crippen LogP contribution in [0.5, 0.6) is 11.5 Å². The molecule has 3 heterocycles. The topological polar surface area (TPSA) is 93.1 Å². The molecule has 2 amide bonds. The van der Waals surface area contributed by atoms with E-state index in [1.165, 1.54) is 23.4 Å². The highest BCUT2D eigenvalue weighted by Gasteiger charge is 2.23. The third-order valence-corrected chi connectivity index (χ3v) is 4.68. The van der Waals surface area contributed by atoms with Crippen LogP contribution >= 0.6 is 11.3 Å². The zero-order valence-corrected chi connectivity index (χ0v) is 13.7. The second-order valence-electron chi connectivity index (χ2n) is 5.40. The van der Waals surface area contributed by atoms with Crippen molar-refractivity contribution in [2.45, 2.75) is 12.8 Å². The van der Waals surface area contributed by atoms with Gasteiger partial charge in [0.15, 0.2) is 16.6 Å². The van der Waals surface area contributed by atoms with Crippen molar-refractivity contribution in [2.24, 2.45) is 5.10 Å². The average Bonchev–Trinajstić information content (AvgIpc) is 2.96. The number of hydrogen-bond donors (Lipinski definition) is 1. The molecule has 2 aliphatic heterocycles. The maximum absolute atomic E-state index is 12.3. The SMILES string of the molecule is CN1N=C(C(=O)Nc2nc3cc4c(cc3s2)OCCO4)CCC1=O. The number of rotatable bonds is 2. The number of nitrogens with zero attached hydrogens (tertiary/aromatic N) is 3. The third-order valence-electron chi connectivity index (χ3n) is 3.74. The zero-order chi connectivity index (χ0) is 16.7. The summed E-state index contributed by atoms with van der Waals surface area (Å²) in [6.45, 7) is 1.03. The van der Waals surface area contributed by atoms with Gasteiger partial charge in [-0.2, -0.15) is 5.10 Å². The molecular formula is C15H14N4O4S. The first-order chi connectivity index (χ1) is 11.6. The van der Waals surface area contributed by atoms with Crippen LogP contribution in [0.4, 0.5) is 5.13 Å². The van der Waals surface area contributed by atoms with Crippen LogP contribution in [0.15, 0.2) is 17.2 Å². The predicted octanol–water partition coefficient (Wildman–Crippen LogP) is 1.61. The maximum Gasteiger partial charge on any atom is 0.273 e. The molecule has 0 unspecified atom stereocenters. The largest absolute Gasteiger partial charge is 0.486 e. The molecule has 9 heteroatoms. The Balaban J connectivity index is 1.57. The van der Waals surface area contributed by atoms with Gasteiger partial charge in [0.05, 0.1) is 10.2 Å². The lowest BCUT2D eigenvalue weighted by atomic mass is 10.1. The Morgan fingerprint density at radius 2 is 2.00 bits per heavy atom. The molecule has 0 saturated heterocycles. The van der Waals surface area contributed by atoms with E-state index < -0.39 is 0 Å². The van der Waals surface area contributed by atoms with Crippen molar-refractivity contribution >= 4 is 44.2 Å². The summed E-state index contributed by atoms with van der Waals surface area (Å²) >= 11 is 1.35. The molecule has 4 rings (SSSR count). The number of amides is 2. The van der Waals surface area contributed by atoms with Crippen LogP contribution in [0.25, 0.3) is 10.2 Å². The molecule has 1 aromatic carbocycles. The number of nitrogens with one attached hydrogen (secondary N) is 1. The Morgan fingerprint density at radius 1 is 1.25 bits per heavy atom. The van der Waals surface area contributed by atoms with Crippen LogP contribution in [-0.4, -0.2) is 47.8 Å². The van der Waals surface area contributed by atoms with E-state index in [1.807, 2.05) is 6.07 Å². The summed E-state index contributed by atoms with van der Waals surface area (Å²) < 4.78 is 12.0. The predicted molar refractivity (Wildman–Crippen MR) is 88.7 cm³/mol. The summed E-state index contributed by atoms with van der Waals surface area (Å²) in [6, 6.07) is 3.67. The summed E-state index contributed by atoms with van der Waals surface area (Å²) in [6.07, 6.45) is 0.611. The number of aromatic nitrogens is 1. The van der Waals surface area contributed by atoms with E-state index in [-0.39, 0.29) is 18.2 Å². The van der Waals surface area contributed by atoms with Crippen molar-refractivity contribution in [3.8, 4) is 11.5 Å². The van der Waals surface area contributed by atoms with E-state index in [1.54, 1.807) is 6.07 Å². The molecule has 2 aliphatic rings. The molecule has 0 saturated carbocycles. The minimum atomic E-state index is -0.342. The molecule has 1 N–H and O–H groups in total. The van der Waals surface area contributed by atoms with Gasteiger partial charge in [-0.3, -0.25) is 14.9 Å². The minimum Gasteiger partial charge on any atom is -0.486 e. The van der Waals surface area contributed by atoms with Crippen molar-refractivity contribution in [1.82, 2.24) is 9.99 Å². The van der Waals surface area contributed by atoms with Gasteiger partial charge in [-0.25, -0.2) is 9.99 Å². The van der Waals surface area contributed by atoms with Gasteiger partial charge < -0.3 is 9.47 Å². The van der Waals surface area contributed by atoms with Crippen LogP contribution in [0.2, 0.25) is 0 Å². The average molecular weight is 346 g/mol. The summed E-state index contributed by atoms with van der Waals surface area (Å²) in [5.41, 5.74) is 1.06. The Bertz CT molecular complexity index is 833. The molecule has 0 bridgehead atoms. The molecule has 0 radical (unpaired) electrons. The highest BCUT2D eigenvalue weighted by atomic mass is 32.1. The lowest BCUT2D eigenvalue weighted by molar-refractivity contribution is -0.130. The van der Waals surface area contributed by atoms with Gasteiger partial charge in [-0.05, 0) is 0 Å². The first-order valence-electron chi connectivity index (χ1n) is 7.46. The van der Waals surface area contributed by atoms with Gasteiger partial charge in [0.1, 0.15) is 18.9 Å². The molecule has 1 aromatic heterocycles. The van der Waals surface area contributed by atoms with E-state index >= 15 is 0 Å². The fourth-order valence-electron chi connectivity index (χ4n) is 2.52. The first kappa shape index (κ1) is 14.9. The van der Waals surface area contributed by atoms with Crippen LogP contribution < -0.4 is 14.8 Å². The maximum atomic E-state index is 12.3. The van der Waals surface area contributed by atoms with E-state index in [4.69, 9.17) is 9.47 Å². The number of ether oxygens (including phenoxy) is 2. The van der Waals surface area contributed by atoms with Crippen LogP contribution in [0, 0.1) is 0 Å². The summed E-state index contributed by atoms with van der Waals surface area (Å²) in [4.78, 5) is 28.1. The molecule has 0 spiro atoms. The van der Waals surface area contributed by atoms with Crippen LogP contribution in [0.3, 0.4) is 0 Å². The van der Waals surface area contributed by atoms with E-state index in [0.29, 0.717) is 42.0 Å². The number of fused-ring (bicyclic) bond motifs is 2. The Hall–Kier alpha value is -2.68. The number of anilines is 1. The zero-order valence-electron chi connectivity index (χ0n) is 12.9. The van der Waals surface area contributed by atoms with E-state index in [9.17, 15) is 9.59 Å². The number of hydrogen-bond acceptors (Lipinski definition) is 7. The third kappa shape index (κ3) is 2.67. The number of benzene rings is 1. The second-order valence-corrected chi connectivity index (χ2v) is 6.43. The Kier molecular flexibility index (Phi) is 3.57. The highest BCUT2D eigenvalue weighted by Crippen LogP contribution is 2.37. The summed E-state index contributed by atoms with van der Waals surface area (Å²) in [5.74, 6) is 0.906. The normalized spacial score (nSPS) is 17.0. The lowest BCUT2D eigenvalue weighted by Gasteiger charge is -2.18. The van der Waals surface area contributed by atoms with Crippen LogP contribution in [-0.2, 0) is 9.59 Å². The van der Waals surface area contributed by atoms with Gasteiger partial charge in [0.25, 0.3) is 5.91 Å². The second kappa shape index (κ2) is 5.75. The molecule has 124 valence electrons. The smallest absolute Gasteiger partial charge is 0.273 e. The van der Waals surface area contributed by atoms with Gasteiger partial charge in [0.2, 0.25) is 5.91 Å². The van der Waals surface area contributed by atoms with Crippen molar-refractivity contribution in [3.63, 3.8) is 0 Å². The van der Waals surface area contributed by atoms with Crippen molar-refractivity contribution < 1.29 is 19.1 Å². The molecule has 24 heavy (non-hydrogen) atoms. The number of hydrazone groups is 1. The molecule has 0 atom stereocenters. The molecule has 2 aromatic rings. The van der Waals surface area contributed by atoms with Gasteiger partial charge in [-0.15, -0.1) is 0 Å². The Labute approximate surface area is 141 Å². The molecule has 0 fully saturated rings. The summed E-state index contributed by atoms with van der Waals surface area (Å²) in [7, 11) is 1.54. The highest BCUT2D eigenvalue weighted by molar-refractivity contribution is 7.22. The number of carbonyl (C=O) groups excluding carboxylic acids is 2. The van der Waals surface area contributed by atoms with Gasteiger partial charge in [0, 0.05) is 32.0 Å². The van der Waals surface area contributed by atoms with Crippen molar-refractivity contribution in [2.75, 3.05) is 25.6 Å². The van der Waals surface area contributed by atoms with E-state index in [0.717, 1.165) is 10.2 Å². The molecular weight excluding hydrogens is 332 g/mol. The molecule has 0 aliphatic carbocycles. The first-order valence-corrected chi connectivity index (χ1v) is 8.27. The quantitative estimate of drug-likeness (QED) is 0.892. The standard InChI is InChI=1S/C15H14N4O4S/c1-19-13(20)3-2-8(18-19)14(21)17-15-16-9-6-10-11(7-12(9)24-15)23-5-4-22-10/h6-7H,2-5H2,1H3,(H,16,17,21). The molecule has 8 nitrogen and oxygen atoms in total. The Morgan fingerprint density at radius 3 is 2.75 bits per heavy atom. The lowest BCUT2D eigenvalue weighted by Crippen LogP contribution is -2.34. The minimum absolute atomic E-state index is 0.0999. The number of thiazole rings is 1. The van der Waals surface area contributed by atoms with Crippen LogP contribution in [0.1, 0.15) is 12.8 Å². The number of carbonyl (C=O) groups is 2. The fraction of sp³-hybridized carbons (Fsp3) is 0.333. The summed E-state index contributed by atoms with van der Waals surface area (Å²) in [5, 5.41) is 8.41. The fourth-order valence-corrected chi connectivity index (χ4v) is 3.39. The van der Waals surface area contributed by atoms with Crippen molar-refractivity contribution in [1.29, 1.82) is 0 Å². The van der Waals surface area contributed by atoms with Gasteiger partial charge >= 0.3 is 0 Å².